The molecule has 1 N–H and O–H groups in total. The summed E-state index contributed by atoms with van der Waals surface area (Å²) in [5.74, 6) is 0. The maximum atomic E-state index is 13.0. The van der Waals surface area contributed by atoms with Gasteiger partial charge in [-0.2, -0.15) is 0 Å². The highest BCUT2D eigenvalue weighted by atomic mass is 35.5. The molecule has 3 rings (SSSR count). The van der Waals surface area contributed by atoms with E-state index >= 15 is 0 Å². The summed E-state index contributed by atoms with van der Waals surface area (Å²) in [6.07, 6.45) is 0. The van der Waals surface area contributed by atoms with Gasteiger partial charge in [-0.3, -0.25) is 0 Å². The number of anilines is 1. The predicted octanol–water partition coefficient (Wildman–Crippen LogP) is 5.98. The average Bonchev–Trinajstić information content (AvgIpc) is 2.67. The average molecular weight is 365 g/mol. The lowest BCUT2D eigenvalue weighted by atomic mass is 9.97. The molecule has 3 aromatic carbocycles. The molecule has 0 unspecified atom stereocenters. The van der Waals surface area contributed by atoms with E-state index in [1.807, 2.05) is 84.6 Å². The van der Waals surface area contributed by atoms with Crippen LogP contribution in [0.15, 0.2) is 84.9 Å². The van der Waals surface area contributed by atoms with E-state index in [0.29, 0.717) is 17.3 Å². The normalized spacial score (nSPS) is 10.6. The smallest absolute Gasteiger partial charge is 0.314 e. The van der Waals surface area contributed by atoms with Gasteiger partial charge in [0, 0.05) is 17.3 Å². The molecule has 0 spiro atoms. The van der Waals surface area contributed by atoms with E-state index in [4.69, 9.17) is 11.6 Å². The van der Waals surface area contributed by atoms with Crippen LogP contribution in [0.3, 0.4) is 0 Å². The molecule has 26 heavy (non-hydrogen) atoms. The number of nitrogens with zero attached hydrogens (tertiary/aromatic N) is 1. The lowest BCUT2D eigenvalue weighted by Crippen LogP contribution is -2.38. The van der Waals surface area contributed by atoms with E-state index < -0.39 is 0 Å². The number of halogens is 1. The highest BCUT2D eigenvalue weighted by molar-refractivity contribution is 6.30. The van der Waals surface area contributed by atoms with Crippen molar-refractivity contribution >= 4 is 23.3 Å². The fraction of sp³-hybridized carbons (Fsp3) is 0.136. The number of carbonyl (C=O) groups is 1. The summed E-state index contributed by atoms with van der Waals surface area (Å²) in [5, 5.41) is 3.55. The monoisotopic (exact) mass is 364 g/mol. The molecule has 4 heteroatoms. The molecule has 0 radical (unpaired) electrons. The van der Waals surface area contributed by atoms with Crippen LogP contribution in [0.1, 0.15) is 24.1 Å². The number of carbonyl (C=O) groups excluding carboxylic acids is 1. The van der Waals surface area contributed by atoms with E-state index in [0.717, 1.165) is 11.1 Å². The molecule has 0 aliphatic rings. The topological polar surface area (TPSA) is 32.3 Å². The molecule has 3 aromatic rings. The van der Waals surface area contributed by atoms with Crippen LogP contribution in [-0.2, 0) is 0 Å². The molecule has 0 saturated carbocycles. The fourth-order valence-corrected chi connectivity index (χ4v) is 3.22. The molecular weight excluding hydrogens is 344 g/mol. The number of hydrogen-bond donors (Lipinski definition) is 1. The zero-order valence-electron chi connectivity index (χ0n) is 14.6. The van der Waals surface area contributed by atoms with E-state index in [1.54, 1.807) is 12.1 Å². The molecule has 3 nitrogen and oxygen atoms in total. The quantitative estimate of drug-likeness (QED) is 0.593. The van der Waals surface area contributed by atoms with Crippen molar-refractivity contribution in [2.45, 2.75) is 13.0 Å². The zero-order chi connectivity index (χ0) is 18.4. The van der Waals surface area contributed by atoms with Gasteiger partial charge in [-0.15, -0.1) is 0 Å². The highest BCUT2D eigenvalue weighted by Crippen LogP contribution is 2.29. The predicted molar refractivity (Wildman–Crippen MR) is 108 cm³/mol. The van der Waals surface area contributed by atoms with Crippen LogP contribution < -0.4 is 5.32 Å². The van der Waals surface area contributed by atoms with Crippen LogP contribution >= 0.6 is 11.6 Å². The van der Waals surface area contributed by atoms with Gasteiger partial charge < -0.3 is 10.2 Å². The Morgan fingerprint density at radius 3 is 2.00 bits per heavy atom. The van der Waals surface area contributed by atoms with Gasteiger partial charge in [0.1, 0.15) is 0 Å². The SMILES string of the molecule is CCN(C(=O)Nc1cccc(Cl)c1)C(c1ccccc1)c1ccccc1. The first-order valence-electron chi connectivity index (χ1n) is 8.62. The van der Waals surface area contributed by atoms with Gasteiger partial charge in [-0.25, -0.2) is 4.79 Å². The van der Waals surface area contributed by atoms with Crippen LogP contribution in [0.25, 0.3) is 0 Å². The summed E-state index contributed by atoms with van der Waals surface area (Å²) < 4.78 is 0. The second kappa shape index (κ2) is 8.54. The summed E-state index contributed by atoms with van der Waals surface area (Å²) >= 11 is 6.03. The first kappa shape index (κ1) is 18.0. The molecule has 0 aliphatic heterocycles. The lowest BCUT2D eigenvalue weighted by molar-refractivity contribution is 0.201. The second-order valence-corrected chi connectivity index (χ2v) is 6.39. The van der Waals surface area contributed by atoms with Crippen molar-refractivity contribution in [1.82, 2.24) is 4.90 Å². The van der Waals surface area contributed by atoms with Crippen LogP contribution in [0.4, 0.5) is 10.5 Å². The van der Waals surface area contributed by atoms with Crippen molar-refractivity contribution in [3.05, 3.63) is 101 Å². The van der Waals surface area contributed by atoms with Crippen molar-refractivity contribution in [1.29, 1.82) is 0 Å². The van der Waals surface area contributed by atoms with Crippen LogP contribution in [0.5, 0.6) is 0 Å². The lowest BCUT2D eigenvalue weighted by Gasteiger charge is -2.32. The first-order chi connectivity index (χ1) is 12.7. The Bertz CT molecular complexity index is 813. The number of benzene rings is 3. The number of urea groups is 1. The maximum absolute atomic E-state index is 13.0. The maximum Gasteiger partial charge on any atom is 0.322 e. The summed E-state index contributed by atoms with van der Waals surface area (Å²) in [5.41, 5.74) is 2.82. The molecule has 0 aliphatic carbocycles. The number of nitrogens with one attached hydrogen (secondary N) is 1. The van der Waals surface area contributed by atoms with Gasteiger partial charge >= 0.3 is 6.03 Å². The third-order valence-electron chi connectivity index (χ3n) is 4.22. The fourth-order valence-electron chi connectivity index (χ4n) is 3.03. The summed E-state index contributed by atoms with van der Waals surface area (Å²) in [6, 6.07) is 27.0. The second-order valence-electron chi connectivity index (χ2n) is 5.95. The van der Waals surface area contributed by atoms with Crippen molar-refractivity contribution < 1.29 is 4.79 Å². The molecule has 132 valence electrons. The van der Waals surface area contributed by atoms with Gasteiger partial charge in [-0.1, -0.05) is 78.3 Å². The van der Waals surface area contributed by atoms with Gasteiger partial charge in [0.2, 0.25) is 0 Å². The highest BCUT2D eigenvalue weighted by Gasteiger charge is 2.25. The Kier molecular flexibility index (Phi) is 5.92. The number of amides is 2. The van der Waals surface area contributed by atoms with Crippen LogP contribution in [0.2, 0.25) is 5.02 Å². The Labute approximate surface area is 159 Å². The van der Waals surface area contributed by atoms with E-state index in [-0.39, 0.29) is 12.1 Å². The van der Waals surface area contributed by atoms with Gasteiger partial charge in [0.15, 0.2) is 0 Å². The van der Waals surface area contributed by atoms with E-state index in [2.05, 4.69) is 5.32 Å². The van der Waals surface area contributed by atoms with E-state index in [9.17, 15) is 4.79 Å². The summed E-state index contributed by atoms with van der Waals surface area (Å²) in [4.78, 5) is 14.8. The molecule has 0 bridgehead atoms. The molecule has 0 fully saturated rings. The third-order valence-corrected chi connectivity index (χ3v) is 4.45. The minimum Gasteiger partial charge on any atom is -0.314 e. The minimum absolute atomic E-state index is 0.160. The number of hydrogen-bond acceptors (Lipinski definition) is 1. The minimum atomic E-state index is -0.165. The van der Waals surface area contributed by atoms with Crippen molar-refractivity contribution in [2.75, 3.05) is 11.9 Å². The molecule has 0 aromatic heterocycles. The molecule has 2 amide bonds. The molecule has 0 heterocycles. The summed E-state index contributed by atoms with van der Waals surface area (Å²) in [7, 11) is 0. The largest absolute Gasteiger partial charge is 0.322 e. The standard InChI is InChI=1S/C22H21ClN2O/c1-2-25(22(26)24-20-15-9-14-19(23)16-20)21(17-10-5-3-6-11-17)18-12-7-4-8-13-18/h3-16,21H,2H2,1H3,(H,24,26). The van der Waals surface area contributed by atoms with Gasteiger partial charge in [0.25, 0.3) is 0 Å². The Balaban J connectivity index is 1.94. The molecule has 0 atom stereocenters. The number of rotatable bonds is 5. The third kappa shape index (κ3) is 4.24. The van der Waals surface area contributed by atoms with Crippen LogP contribution in [0, 0.1) is 0 Å². The summed E-state index contributed by atoms with van der Waals surface area (Å²) in [6.45, 7) is 2.55. The van der Waals surface area contributed by atoms with Crippen LogP contribution in [-0.4, -0.2) is 17.5 Å². The Morgan fingerprint density at radius 1 is 0.923 bits per heavy atom. The molecule has 0 saturated heterocycles. The van der Waals surface area contributed by atoms with Gasteiger partial charge in [-0.05, 0) is 36.2 Å². The Hall–Kier alpha value is -2.78. The zero-order valence-corrected chi connectivity index (χ0v) is 15.4. The van der Waals surface area contributed by atoms with Crippen molar-refractivity contribution in [3.8, 4) is 0 Å². The van der Waals surface area contributed by atoms with Crippen molar-refractivity contribution in [3.63, 3.8) is 0 Å². The van der Waals surface area contributed by atoms with Gasteiger partial charge in [0.05, 0.1) is 6.04 Å². The van der Waals surface area contributed by atoms with E-state index in [1.165, 1.54) is 0 Å². The Morgan fingerprint density at radius 2 is 1.50 bits per heavy atom. The molecular formula is C22H21ClN2O. The van der Waals surface area contributed by atoms with Crippen molar-refractivity contribution in [2.24, 2.45) is 0 Å². The first-order valence-corrected chi connectivity index (χ1v) is 9.00.